The Bertz CT molecular complexity index is 981. The Labute approximate surface area is 161 Å². The molecule has 0 aliphatic carbocycles. The fourth-order valence-corrected chi connectivity index (χ4v) is 2.80. The van der Waals surface area contributed by atoms with Gasteiger partial charge >= 0.3 is 5.97 Å². The van der Waals surface area contributed by atoms with Crippen molar-refractivity contribution in [2.75, 3.05) is 12.4 Å². The molecule has 0 radical (unpaired) electrons. The van der Waals surface area contributed by atoms with Crippen LogP contribution in [0.1, 0.15) is 23.0 Å². The zero-order valence-electron chi connectivity index (χ0n) is 14.8. The predicted octanol–water partition coefficient (Wildman–Crippen LogP) is 4.42. The Hall–Kier alpha value is -2.83. The molecule has 3 rings (SSSR count). The zero-order chi connectivity index (χ0) is 19.4. The average molecular weight is 388 g/mol. The molecule has 6 nitrogen and oxygen atoms in total. The van der Waals surface area contributed by atoms with E-state index in [-0.39, 0.29) is 12.4 Å². The van der Waals surface area contributed by atoms with E-state index in [2.05, 4.69) is 5.32 Å². The number of amides is 1. The van der Waals surface area contributed by atoms with Crippen molar-refractivity contribution in [3.05, 3.63) is 64.9 Å². The normalized spacial score (nSPS) is 12.0. The first kappa shape index (κ1) is 18.9. The van der Waals surface area contributed by atoms with Gasteiger partial charge in [-0.3, -0.25) is 4.79 Å². The van der Waals surface area contributed by atoms with Crippen molar-refractivity contribution in [1.82, 2.24) is 0 Å². The second-order valence-corrected chi connectivity index (χ2v) is 6.26. The highest BCUT2D eigenvalue weighted by atomic mass is 35.5. The summed E-state index contributed by atoms with van der Waals surface area (Å²) in [6.45, 7) is 1.66. The molecule has 1 amide bonds. The summed E-state index contributed by atoms with van der Waals surface area (Å²) in [5.41, 5.74) is 1.57. The summed E-state index contributed by atoms with van der Waals surface area (Å²) < 4.78 is 16.1. The van der Waals surface area contributed by atoms with E-state index < -0.39 is 18.0 Å². The lowest BCUT2D eigenvalue weighted by molar-refractivity contribution is -0.123. The highest BCUT2D eigenvalue weighted by Gasteiger charge is 2.26. The summed E-state index contributed by atoms with van der Waals surface area (Å²) in [5.74, 6) is -1.21. The molecule has 0 unspecified atom stereocenters. The van der Waals surface area contributed by atoms with Gasteiger partial charge in [0.25, 0.3) is 5.91 Å². The Morgan fingerprint density at radius 1 is 1.15 bits per heavy atom. The van der Waals surface area contributed by atoms with Gasteiger partial charge in [-0.15, -0.1) is 0 Å². The summed E-state index contributed by atoms with van der Waals surface area (Å²) in [7, 11) is 1.52. The SMILES string of the molecule is COCc1c(C(=O)O[C@@H](C)C(=O)Nc2ccccc2Cl)oc2ccccc12. The summed E-state index contributed by atoms with van der Waals surface area (Å²) in [4.78, 5) is 24.9. The first-order valence-electron chi connectivity index (χ1n) is 8.27. The molecule has 1 heterocycles. The van der Waals surface area contributed by atoms with Crippen LogP contribution in [0.25, 0.3) is 11.0 Å². The Balaban J connectivity index is 1.76. The van der Waals surface area contributed by atoms with E-state index in [1.54, 1.807) is 36.4 Å². The Morgan fingerprint density at radius 3 is 2.59 bits per heavy atom. The second kappa shape index (κ2) is 8.24. The number of nitrogens with one attached hydrogen (secondary N) is 1. The van der Waals surface area contributed by atoms with Gasteiger partial charge in [-0.25, -0.2) is 4.79 Å². The van der Waals surface area contributed by atoms with Crippen molar-refractivity contribution in [2.45, 2.75) is 19.6 Å². The van der Waals surface area contributed by atoms with Crippen LogP contribution >= 0.6 is 11.6 Å². The maximum atomic E-state index is 12.6. The minimum atomic E-state index is -1.04. The number of anilines is 1. The molecular weight excluding hydrogens is 370 g/mol. The van der Waals surface area contributed by atoms with E-state index >= 15 is 0 Å². The number of esters is 1. The van der Waals surface area contributed by atoms with Gasteiger partial charge in [0.2, 0.25) is 5.76 Å². The average Bonchev–Trinajstić information content (AvgIpc) is 3.03. The minimum absolute atomic E-state index is 0.0236. The molecular formula is C20H18ClNO5. The highest BCUT2D eigenvalue weighted by molar-refractivity contribution is 6.33. The minimum Gasteiger partial charge on any atom is -0.449 e. The molecule has 0 saturated heterocycles. The molecule has 0 aliphatic heterocycles. The molecule has 1 N–H and O–H groups in total. The van der Waals surface area contributed by atoms with Crippen LogP contribution in [0.15, 0.2) is 52.9 Å². The van der Waals surface area contributed by atoms with Crippen molar-refractivity contribution < 1.29 is 23.5 Å². The molecule has 140 valence electrons. The van der Waals surface area contributed by atoms with E-state index in [0.29, 0.717) is 21.9 Å². The fourth-order valence-electron chi connectivity index (χ4n) is 2.62. The maximum Gasteiger partial charge on any atom is 0.375 e. The van der Waals surface area contributed by atoms with E-state index in [1.165, 1.54) is 14.0 Å². The molecule has 7 heteroatoms. The van der Waals surface area contributed by atoms with Crippen molar-refractivity contribution in [2.24, 2.45) is 0 Å². The van der Waals surface area contributed by atoms with Crippen LogP contribution < -0.4 is 5.32 Å². The third kappa shape index (κ3) is 4.13. The van der Waals surface area contributed by atoms with Gasteiger partial charge < -0.3 is 19.2 Å². The van der Waals surface area contributed by atoms with Gasteiger partial charge in [0.15, 0.2) is 6.10 Å². The van der Waals surface area contributed by atoms with Crippen molar-refractivity contribution >= 4 is 40.1 Å². The smallest absolute Gasteiger partial charge is 0.375 e. The molecule has 0 aliphatic rings. The lowest BCUT2D eigenvalue weighted by Gasteiger charge is -2.14. The molecule has 1 atom stereocenters. The lowest BCUT2D eigenvalue weighted by Crippen LogP contribution is -2.30. The Kier molecular flexibility index (Phi) is 5.78. The number of benzene rings is 2. The first-order valence-corrected chi connectivity index (χ1v) is 8.64. The van der Waals surface area contributed by atoms with Crippen LogP contribution in [0.2, 0.25) is 5.02 Å². The number of para-hydroxylation sites is 2. The molecule has 0 spiro atoms. The van der Waals surface area contributed by atoms with Crippen molar-refractivity contribution in [1.29, 1.82) is 0 Å². The number of furan rings is 1. The summed E-state index contributed by atoms with van der Waals surface area (Å²) in [6.07, 6.45) is -1.04. The molecule has 2 aromatic carbocycles. The van der Waals surface area contributed by atoms with Gasteiger partial charge in [0, 0.05) is 18.1 Å². The predicted molar refractivity (Wildman–Crippen MR) is 102 cm³/mol. The van der Waals surface area contributed by atoms with E-state index in [9.17, 15) is 9.59 Å². The van der Waals surface area contributed by atoms with Crippen LogP contribution in [0.4, 0.5) is 5.69 Å². The number of halogens is 1. The molecule has 0 bridgehead atoms. The van der Waals surface area contributed by atoms with Gasteiger partial charge in [0.05, 0.1) is 17.3 Å². The number of carbonyl (C=O) groups is 2. The molecule has 3 aromatic rings. The number of methoxy groups -OCH3 is 1. The third-order valence-corrected chi connectivity index (χ3v) is 4.29. The van der Waals surface area contributed by atoms with Crippen LogP contribution in [0.3, 0.4) is 0 Å². The lowest BCUT2D eigenvalue weighted by atomic mass is 10.1. The second-order valence-electron chi connectivity index (χ2n) is 5.86. The first-order chi connectivity index (χ1) is 13.0. The number of fused-ring (bicyclic) bond motifs is 1. The van der Waals surface area contributed by atoms with Crippen LogP contribution in [0, 0.1) is 0 Å². The molecule has 27 heavy (non-hydrogen) atoms. The summed E-state index contributed by atoms with van der Waals surface area (Å²) >= 11 is 6.02. The Morgan fingerprint density at radius 2 is 1.85 bits per heavy atom. The largest absolute Gasteiger partial charge is 0.449 e. The fraction of sp³-hybridized carbons (Fsp3) is 0.200. The third-order valence-electron chi connectivity index (χ3n) is 3.96. The number of rotatable bonds is 6. The van der Waals surface area contributed by atoms with Gasteiger partial charge in [-0.05, 0) is 25.1 Å². The van der Waals surface area contributed by atoms with Gasteiger partial charge in [-0.2, -0.15) is 0 Å². The van der Waals surface area contributed by atoms with E-state index in [4.69, 9.17) is 25.5 Å². The van der Waals surface area contributed by atoms with Crippen LogP contribution in [-0.4, -0.2) is 25.1 Å². The van der Waals surface area contributed by atoms with Crippen LogP contribution in [-0.2, 0) is 20.9 Å². The molecule has 0 fully saturated rings. The van der Waals surface area contributed by atoms with Crippen molar-refractivity contribution in [3.8, 4) is 0 Å². The van der Waals surface area contributed by atoms with Gasteiger partial charge in [-0.1, -0.05) is 41.9 Å². The zero-order valence-corrected chi connectivity index (χ0v) is 15.6. The van der Waals surface area contributed by atoms with E-state index in [1.807, 2.05) is 12.1 Å². The molecule has 1 aromatic heterocycles. The standard InChI is InChI=1S/C20H18ClNO5/c1-12(19(23)22-16-9-5-4-8-15(16)21)26-20(24)18-14(11-25-2)13-7-3-6-10-17(13)27-18/h3-10,12H,11H2,1-2H3,(H,22,23)/t12-/m0/s1. The quantitative estimate of drug-likeness (QED) is 0.633. The number of hydrogen-bond acceptors (Lipinski definition) is 5. The number of ether oxygens (including phenoxy) is 2. The number of hydrogen-bond donors (Lipinski definition) is 1. The molecule has 0 saturated carbocycles. The number of carbonyl (C=O) groups excluding carboxylic acids is 2. The van der Waals surface area contributed by atoms with Crippen LogP contribution in [0.5, 0.6) is 0 Å². The van der Waals surface area contributed by atoms with Crippen molar-refractivity contribution in [3.63, 3.8) is 0 Å². The summed E-state index contributed by atoms with van der Waals surface area (Å²) in [6, 6.07) is 14.0. The topological polar surface area (TPSA) is 77.8 Å². The monoisotopic (exact) mass is 387 g/mol. The van der Waals surface area contributed by atoms with Gasteiger partial charge in [0.1, 0.15) is 5.58 Å². The maximum absolute atomic E-state index is 12.6. The highest BCUT2D eigenvalue weighted by Crippen LogP contribution is 2.27. The summed E-state index contributed by atoms with van der Waals surface area (Å²) in [5, 5.41) is 3.79. The van der Waals surface area contributed by atoms with E-state index in [0.717, 1.165) is 5.39 Å².